The molecule has 17 heavy (non-hydrogen) atoms. The molecule has 1 saturated heterocycles. The number of fused-ring (bicyclic) bond motifs is 1. The van der Waals surface area contributed by atoms with Crippen molar-refractivity contribution in [2.75, 3.05) is 18.2 Å². The van der Waals surface area contributed by atoms with Crippen LogP contribution in [0.4, 0.5) is 0 Å². The maximum absolute atomic E-state index is 12.2. The van der Waals surface area contributed by atoms with E-state index in [4.69, 9.17) is 11.6 Å². The topological polar surface area (TPSA) is 37.4 Å². The van der Waals surface area contributed by atoms with Gasteiger partial charge in [-0.15, -0.1) is 11.6 Å². The molecule has 2 unspecified atom stereocenters. The van der Waals surface area contributed by atoms with Crippen LogP contribution in [0.5, 0.6) is 0 Å². The van der Waals surface area contributed by atoms with Crippen LogP contribution in [-0.4, -0.2) is 36.9 Å². The van der Waals surface area contributed by atoms with Crippen molar-refractivity contribution in [3.63, 3.8) is 0 Å². The third kappa shape index (κ3) is 3.15. The first-order valence-corrected chi connectivity index (χ1v) is 8.85. The molecule has 0 N–H and O–H groups in total. The summed E-state index contributed by atoms with van der Waals surface area (Å²) in [5.74, 6) is 1.47. The third-order valence-corrected chi connectivity index (χ3v) is 6.34. The second-order valence-corrected chi connectivity index (χ2v) is 7.64. The average molecular weight is 280 g/mol. The minimum atomic E-state index is -3.03. The molecule has 2 fully saturated rings. The highest BCUT2D eigenvalue weighted by Crippen LogP contribution is 2.37. The van der Waals surface area contributed by atoms with Gasteiger partial charge in [0.05, 0.1) is 5.75 Å². The van der Waals surface area contributed by atoms with Crippen molar-refractivity contribution in [2.24, 2.45) is 5.92 Å². The first-order valence-electron chi connectivity index (χ1n) is 6.70. The summed E-state index contributed by atoms with van der Waals surface area (Å²) in [6.07, 6.45) is 7.32. The number of nitrogens with zero attached hydrogens (tertiary/aromatic N) is 1. The van der Waals surface area contributed by atoms with Crippen LogP contribution in [0, 0.1) is 5.92 Å². The van der Waals surface area contributed by atoms with Gasteiger partial charge in [-0.25, -0.2) is 8.42 Å². The smallest absolute Gasteiger partial charge is 0.212 e. The summed E-state index contributed by atoms with van der Waals surface area (Å²) in [6, 6.07) is 0.310. The van der Waals surface area contributed by atoms with E-state index in [2.05, 4.69) is 0 Å². The van der Waals surface area contributed by atoms with Gasteiger partial charge in [-0.05, 0) is 38.0 Å². The van der Waals surface area contributed by atoms with E-state index >= 15 is 0 Å². The van der Waals surface area contributed by atoms with E-state index in [0.29, 0.717) is 24.3 Å². The lowest BCUT2D eigenvalue weighted by Gasteiger charge is -2.31. The summed E-state index contributed by atoms with van der Waals surface area (Å²) in [6.45, 7) is 0.749. The molecule has 0 aromatic carbocycles. The van der Waals surface area contributed by atoms with E-state index in [-0.39, 0.29) is 5.75 Å². The van der Waals surface area contributed by atoms with Gasteiger partial charge in [-0.3, -0.25) is 0 Å². The highest BCUT2D eigenvalue weighted by atomic mass is 35.5. The van der Waals surface area contributed by atoms with E-state index in [9.17, 15) is 8.42 Å². The predicted molar refractivity (Wildman–Crippen MR) is 70.8 cm³/mol. The van der Waals surface area contributed by atoms with Crippen LogP contribution in [-0.2, 0) is 10.0 Å². The lowest BCUT2D eigenvalue weighted by atomic mass is 9.86. The van der Waals surface area contributed by atoms with Crippen LogP contribution < -0.4 is 0 Å². The van der Waals surface area contributed by atoms with Gasteiger partial charge in [-0.1, -0.05) is 12.8 Å². The van der Waals surface area contributed by atoms with E-state index in [1.165, 1.54) is 19.3 Å². The van der Waals surface area contributed by atoms with Crippen LogP contribution in [0.15, 0.2) is 0 Å². The average Bonchev–Trinajstić information content (AvgIpc) is 2.73. The zero-order valence-corrected chi connectivity index (χ0v) is 11.8. The molecule has 0 amide bonds. The summed E-state index contributed by atoms with van der Waals surface area (Å²) in [4.78, 5) is 0. The lowest BCUT2D eigenvalue weighted by molar-refractivity contribution is 0.260. The maximum atomic E-state index is 12.2. The number of alkyl halides is 1. The molecule has 0 aromatic heterocycles. The standard InChI is InChI=1S/C12H22ClNO2S/c13-8-3-4-10-17(15,16)14-9-7-11-5-1-2-6-12(11)14/h11-12H,1-10H2. The number of hydrogen-bond donors (Lipinski definition) is 0. The zero-order valence-electron chi connectivity index (χ0n) is 10.3. The van der Waals surface area contributed by atoms with Crippen LogP contribution in [0.1, 0.15) is 44.9 Å². The molecule has 5 heteroatoms. The van der Waals surface area contributed by atoms with Gasteiger partial charge in [0.15, 0.2) is 0 Å². The van der Waals surface area contributed by atoms with Crippen molar-refractivity contribution < 1.29 is 8.42 Å². The van der Waals surface area contributed by atoms with Crippen molar-refractivity contribution in [3.8, 4) is 0 Å². The van der Waals surface area contributed by atoms with Crippen LogP contribution in [0.2, 0.25) is 0 Å². The molecule has 0 aromatic rings. The molecular weight excluding hydrogens is 258 g/mol. The van der Waals surface area contributed by atoms with Crippen LogP contribution >= 0.6 is 11.6 Å². The molecule has 1 aliphatic carbocycles. The Morgan fingerprint density at radius 3 is 2.65 bits per heavy atom. The van der Waals surface area contributed by atoms with Gasteiger partial charge in [0.2, 0.25) is 10.0 Å². The normalized spacial score (nSPS) is 30.4. The van der Waals surface area contributed by atoms with Gasteiger partial charge in [0.1, 0.15) is 0 Å². The monoisotopic (exact) mass is 279 g/mol. The van der Waals surface area contributed by atoms with E-state index < -0.39 is 10.0 Å². The Balaban J connectivity index is 1.96. The third-order valence-electron chi connectivity index (χ3n) is 4.10. The van der Waals surface area contributed by atoms with Gasteiger partial charge >= 0.3 is 0 Å². The molecule has 0 bridgehead atoms. The minimum Gasteiger partial charge on any atom is -0.212 e. The molecule has 100 valence electrons. The van der Waals surface area contributed by atoms with Crippen molar-refractivity contribution in [3.05, 3.63) is 0 Å². The van der Waals surface area contributed by atoms with Crippen LogP contribution in [0.25, 0.3) is 0 Å². The quantitative estimate of drug-likeness (QED) is 0.573. The Kier molecular flexibility index (Phi) is 4.72. The highest BCUT2D eigenvalue weighted by molar-refractivity contribution is 7.89. The van der Waals surface area contributed by atoms with E-state index in [0.717, 1.165) is 25.8 Å². The Morgan fingerprint density at radius 2 is 1.88 bits per heavy atom. The zero-order chi connectivity index (χ0) is 12.3. The van der Waals surface area contributed by atoms with Gasteiger partial charge in [0, 0.05) is 18.5 Å². The molecule has 1 saturated carbocycles. The largest absolute Gasteiger partial charge is 0.214 e. The first kappa shape index (κ1) is 13.6. The number of sulfonamides is 1. The second-order valence-electron chi connectivity index (χ2n) is 5.22. The first-order chi connectivity index (χ1) is 8.15. The Labute approximate surface area is 110 Å². The number of halogens is 1. The SMILES string of the molecule is O=S(=O)(CCCCCl)N1CCC2CCCCC21. The molecule has 3 nitrogen and oxygen atoms in total. The molecule has 0 spiro atoms. The Bertz CT molecular complexity index is 344. The van der Waals surface area contributed by atoms with Gasteiger partial charge in [-0.2, -0.15) is 4.31 Å². The molecule has 1 aliphatic heterocycles. The molecule has 1 heterocycles. The van der Waals surface area contributed by atoms with Gasteiger partial charge < -0.3 is 0 Å². The van der Waals surface area contributed by atoms with Gasteiger partial charge in [0.25, 0.3) is 0 Å². The lowest BCUT2D eigenvalue weighted by Crippen LogP contribution is -2.40. The molecule has 2 rings (SSSR count). The molecule has 0 radical (unpaired) electrons. The molecule has 2 atom stereocenters. The highest BCUT2D eigenvalue weighted by Gasteiger charge is 2.41. The van der Waals surface area contributed by atoms with Crippen LogP contribution in [0.3, 0.4) is 0 Å². The molecular formula is C12H22ClNO2S. The summed E-state index contributed by atoms with van der Waals surface area (Å²) in [5, 5.41) is 0. The van der Waals surface area contributed by atoms with Crippen molar-refractivity contribution in [1.29, 1.82) is 0 Å². The fourth-order valence-electron chi connectivity index (χ4n) is 3.20. The van der Waals surface area contributed by atoms with E-state index in [1.54, 1.807) is 4.31 Å². The maximum Gasteiger partial charge on any atom is 0.214 e. The number of rotatable bonds is 5. The van der Waals surface area contributed by atoms with Crippen molar-refractivity contribution >= 4 is 21.6 Å². The summed E-state index contributed by atoms with van der Waals surface area (Å²) < 4.78 is 26.3. The fourth-order valence-corrected chi connectivity index (χ4v) is 5.27. The number of unbranched alkanes of at least 4 members (excludes halogenated alkanes) is 1. The number of hydrogen-bond acceptors (Lipinski definition) is 2. The Morgan fingerprint density at radius 1 is 1.12 bits per heavy atom. The summed E-state index contributed by atoms with van der Waals surface area (Å²) in [7, 11) is -3.03. The second kappa shape index (κ2) is 5.89. The summed E-state index contributed by atoms with van der Waals surface area (Å²) >= 11 is 5.59. The Hall–Kier alpha value is 0.200. The predicted octanol–water partition coefficient (Wildman–Crippen LogP) is 2.60. The summed E-state index contributed by atoms with van der Waals surface area (Å²) in [5.41, 5.74) is 0. The molecule has 2 aliphatic rings. The fraction of sp³-hybridized carbons (Fsp3) is 1.00. The van der Waals surface area contributed by atoms with Crippen molar-refractivity contribution in [1.82, 2.24) is 4.31 Å². The van der Waals surface area contributed by atoms with Crippen molar-refractivity contribution in [2.45, 2.75) is 51.0 Å². The minimum absolute atomic E-state index is 0.281. The van der Waals surface area contributed by atoms with E-state index in [1.807, 2.05) is 0 Å².